The highest BCUT2D eigenvalue weighted by Crippen LogP contribution is 2.16. The largest absolute Gasteiger partial charge is 0.408 e. The van der Waals surface area contributed by atoms with Gasteiger partial charge in [0.15, 0.2) is 5.03 Å². The number of amides is 2. The first kappa shape index (κ1) is 12.1. The number of carbonyl (C=O) groups is 1. The Kier molecular flexibility index (Phi) is 2.58. The highest BCUT2D eigenvalue weighted by molar-refractivity contribution is 7.89. The standard InChI is InChI=1S/C6H8N6O5S/c1-2-18(16,17)10-4-3-9-5(8-10)7-6(13)11(9)12(14)15/h3-4H,2H2,1H3,(H,7,8,13). The number of carbonyl (C=O) groups excluding carboxylic acids is 1. The van der Waals surface area contributed by atoms with Gasteiger partial charge in [-0.15, -0.1) is 5.10 Å². The molecule has 11 nitrogen and oxygen atoms in total. The second-order valence-electron chi connectivity index (χ2n) is 3.20. The van der Waals surface area contributed by atoms with Crippen LogP contribution in [0.2, 0.25) is 0 Å². The van der Waals surface area contributed by atoms with E-state index in [0.717, 1.165) is 17.4 Å². The molecule has 2 rings (SSSR count). The minimum absolute atomic E-state index is 0.172. The topological polar surface area (TPSA) is 128 Å². The van der Waals surface area contributed by atoms with Crippen molar-refractivity contribution >= 4 is 22.0 Å². The summed E-state index contributed by atoms with van der Waals surface area (Å²) in [6.45, 7) is 1.42. The summed E-state index contributed by atoms with van der Waals surface area (Å²) in [5.74, 6) is -0.447. The maximum atomic E-state index is 11.5. The number of hydrogen-bond acceptors (Lipinski definition) is 7. The third-order valence-electron chi connectivity index (χ3n) is 2.15. The zero-order chi connectivity index (χ0) is 13.5. The molecule has 0 aromatic carbocycles. The average Bonchev–Trinajstić information content (AvgIpc) is 2.63. The molecule has 0 radical (unpaired) electrons. The molecule has 1 N–H and O–H groups in total. The quantitative estimate of drug-likeness (QED) is 0.510. The van der Waals surface area contributed by atoms with Crippen LogP contribution in [0.3, 0.4) is 0 Å². The summed E-state index contributed by atoms with van der Waals surface area (Å²) in [5, 5.41) is 16.3. The van der Waals surface area contributed by atoms with E-state index in [1.165, 1.54) is 6.92 Å². The van der Waals surface area contributed by atoms with Gasteiger partial charge in [0.2, 0.25) is 0 Å². The molecule has 2 heterocycles. The van der Waals surface area contributed by atoms with Gasteiger partial charge in [0.25, 0.3) is 16.0 Å². The number of nitrogens with zero attached hydrogens (tertiary/aromatic N) is 5. The number of sulfonamides is 1. The lowest BCUT2D eigenvalue weighted by atomic mass is 10.7. The van der Waals surface area contributed by atoms with Crippen molar-refractivity contribution in [2.24, 2.45) is 5.10 Å². The van der Waals surface area contributed by atoms with E-state index in [1.807, 2.05) is 0 Å². The Morgan fingerprint density at radius 1 is 1.50 bits per heavy atom. The van der Waals surface area contributed by atoms with Gasteiger partial charge in [0.1, 0.15) is 0 Å². The summed E-state index contributed by atoms with van der Waals surface area (Å²) >= 11 is 0. The molecule has 12 heteroatoms. The highest BCUT2D eigenvalue weighted by Gasteiger charge is 2.44. The lowest BCUT2D eigenvalue weighted by molar-refractivity contribution is -0.661. The van der Waals surface area contributed by atoms with Crippen molar-refractivity contribution in [3.8, 4) is 0 Å². The number of rotatable bonds is 3. The van der Waals surface area contributed by atoms with Crippen LogP contribution in [0.15, 0.2) is 17.5 Å². The Morgan fingerprint density at radius 2 is 2.17 bits per heavy atom. The molecule has 1 saturated heterocycles. The molecule has 2 aliphatic rings. The van der Waals surface area contributed by atoms with Gasteiger partial charge < -0.3 is 0 Å². The van der Waals surface area contributed by atoms with Gasteiger partial charge in [0, 0.05) is 0 Å². The van der Waals surface area contributed by atoms with Crippen LogP contribution in [0.5, 0.6) is 0 Å². The molecule has 0 unspecified atom stereocenters. The number of hydrogen-bond donors (Lipinski definition) is 1. The monoisotopic (exact) mass is 276 g/mol. The molecule has 98 valence electrons. The maximum absolute atomic E-state index is 11.5. The molecule has 0 bridgehead atoms. The van der Waals surface area contributed by atoms with Crippen molar-refractivity contribution in [3.63, 3.8) is 0 Å². The summed E-state index contributed by atoms with van der Waals surface area (Å²) < 4.78 is 23.7. The summed E-state index contributed by atoms with van der Waals surface area (Å²) in [6.07, 6.45) is 2.06. The van der Waals surface area contributed by atoms with Crippen LogP contribution in [0.4, 0.5) is 4.79 Å². The minimum atomic E-state index is -3.62. The van der Waals surface area contributed by atoms with Gasteiger partial charge in [-0.3, -0.25) is 5.32 Å². The average molecular weight is 276 g/mol. The third kappa shape index (κ3) is 1.71. The first-order valence-electron chi connectivity index (χ1n) is 4.70. The van der Waals surface area contributed by atoms with Crippen molar-refractivity contribution < 1.29 is 18.2 Å². The Morgan fingerprint density at radius 3 is 2.72 bits per heavy atom. The molecule has 18 heavy (non-hydrogen) atoms. The zero-order valence-electron chi connectivity index (χ0n) is 9.05. The first-order chi connectivity index (χ1) is 8.36. The predicted octanol–water partition coefficient (Wildman–Crippen LogP) is -1.17. The second kappa shape index (κ2) is 3.83. The van der Waals surface area contributed by atoms with E-state index in [-0.39, 0.29) is 16.8 Å². The fourth-order valence-corrected chi connectivity index (χ4v) is 1.99. The zero-order valence-corrected chi connectivity index (χ0v) is 9.86. The SMILES string of the molecule is CCS(=O)(=O)N1C=CN2C(=N1)NC(=O)N2[N+](=O)[O-]. The van der Waals surface area contributed by atoms with Crippen LogP contribution < -0.4 is 5.32 Å². The van der Waals surface area contributed by atoms with E-state index in [1.54, 1.807) is 0 Å². The number of nitrogens with one attached hydrogen (secondary N) is 1. The van der Waals surface area contributed by atoms with Crippen LogP contribution >= 0.6 is 0 Å². The van der Waals surface area contributed by atoms with E-state index in [9.17, 15) is 23.3 Å². The predicted molar refractivity (Wildman–Crippen MR) is 57.1 cm³/mol. The smallest absolute Gasteiger partial charge is 0.268 e. The fourth-order valence-electron chi connectivity index (χ4n) is 1.28. The number of hydrazine groups is 2. The highest BCUT2D eigenvalue weighted by atomic mass is 32.2. The molecule has 1 fully saturated rings. The second-order valence-corrected chi connectivity index (χ2v) is 5.31. The van der Waals surface area contributed by atoms with Crippen LogP contribution in [-0.2, 0) is 10.0 Å². The fraction of sp³-hybridized carbons (Fsp3) is 0.333. The first-order valence-corrected chi connectivity index (χ1v) is 6.31. The number of fused-ring (bicyclic) bond motifs is 1. The lowest BCUT2D eigenvalue weighted by Gasteiger charge is -2.22. The summed E-state index contributed by atoms with van der Waals surface area (Å²) in [5.41, 5.74) is 0. The molecular weight excluding hydrogens is 268 g/mol. The van der Waals surface area contributed by atoms with E-state index in [2.05, 4.69) is 10.4 Å². The summed E-state index contributed by atoms with van der Waals surface area (Å²) in [6, 6.07) is -1.03. The number of nitro groups is 1. The minimum Gasteiger partial charge on any atom is -0.268 e. The van der Waals surface area contributed by atoms with Crippen molar-refractivity contribution in [1.29, 1.82) is 0 Å². The van der Waals surface area contributed by atoms with Crippen molar-refractivity contribution in [3.05, 3.63) is 22.5 Å². The molecule has 2 amide bonds. The molecule has 0 saturated carbocycles. The molecular formula is C6H8N6O5S. The van der Waals surface area contributed by atoms with Gasteiger partial charge in [-0.2, -0.15) is 9.42 Å². The number of hydrazone groups is 1. The van der Waals surface area contributed by atoms with Crippen LogP contribution in [0, 0.1) is 10.1 Å². The molecule has 0 aromatic heterocycles. The Labute approximate surface area is 101 Å². The molecule has 0 atom stereocenters. The molecule has 0 aromatic rings. The van der Waals surface area contributed by atoms with Crippen molar-refractivity contribution in [2.75, 3.05) is 5.75 Å². The number of guanidine groups is 1. The van der Waals surface area contributed by atoms with Gasteiger partial charge >= 0.3 is 6.03 Å². The molecule has 2 aliphatic heterocycles. The van der Waals surface area contributed by atoms with E-state index in [4.69, 9.17) is 0 Å². The maximum Gasteiger partial charge on any atom is 0.408 e. The number of urea groups is 1. The van der Waals surface area contributed by atoms with Crippen LogP contribution in [0.25, 0.3) is 0 Å². The Bertz CT molecular complexity index is 567. The molecule has 0 spiro atoms. The summed E-state index contributed by atoms with van der Waals surface area (Å²) in [4.78, 5) is 21.9. The van der Waals surface area contributed by atoms with Gasteiger partial charge in [0.05, 0.1) is 23.3 Å². The van der Waals surface area contributed by atoms with Crippen molar-refractivity contribution in [1.82, 2.24) is 19.9 Å². The van der Waals surface area contributed by atoms with Crippen LogP contribution in [0.1, 0.15) is 6.92 Å². The Hall–Kier alpha value is -2.37. The lowest BCUT2D eigenvalue weighted by Crippen LogP contribution is -2.43. The third-order valence-corrected chi connectivity index (χ3v) is 3.66. The normalized spacial score (nSPS) is 18.6. The van der Waals surface area contributed by atoms with E-state index in [0.29, 0.717) is 4.41 Å². The Balaban J connectivity index is 2.34. The van der Waals surface area contributed by atoms with E-state index >= 15 is 0 Å². The van der Waals surface area contributed by atoms with Gasteiger partial charge in [-0.1, -0.05) is 0 Å². The van der Waals surface area contributed by atoms with Crippen molar-refractivity contribution in [2.45, 2.75) is 6.92 Å². The molecule has 0 aliphatic carbocycles. The van der Waals surface area contributed by atoms with Gasteiger partial charge in [-0.25, -0.2) is 23.3 Å². The summed E-state index contributed by atoms with van der Waals surface area (Å²) in [7, 11) is -3.62. The van der Waals surface area contributed by atoms with Gasteiger partial charge in [-0.05, 0) is 6.92 Å². The van der Waals surface area contributed by atoms with E-state index < -0.39 is 21.1 Å². The van der Waals surface area contributed by atoms with Crippen LogP contribution in [-0.4, -0.2) is 45.7 Å².